The molecule has 2 saturated heterocycles. The molecule has 0 aromatic carbocycles. The van der Waals surface area contributed by atoms with Crippen molar-refractivity contribution in [2.75, 3.05) is 65.8 Å². The van der Waals surface area contributed by atoms with Gasteiger partial charge in [0.05, 0.1) is 26.4 Å². The quantitative estimate of drug-likeness (QED) is 0.566. The van der Waals surface area contributed by atoms with Crippen LogP contribution in [0.15, 0.2) is 4.99 Å². The Labute approximate surface area is 132 Å². The van der Waals surface area contributed by atoms with Gasteiger partial charge in [-0.15, -0.1) is 0 Å². The summed E-state index contributed by atoms with van der Waals surface area (Å²) >= 11 is 0. The predicted octanol–water partition coefficient (Wildman–Crippen LogP) is 0.842. The molecule has 7 heteroatoms. The van der Waals surface area contributed by atoms with Crippen LogP contribution in [0.4, 0.5) is 4.79 Å². The van der Waals surface area contributed by atoms with Crippen LogP contribution >= 0.6 is 0 Å². The molecule has 2 aliphatic heterocycles. The van der Waals surface area contributed by atoms with E-state index in [-0.39, 0.29) is 5.92 Å². The number of morpholine rings is 2. The number of aliphatic imine (C=N–C) groups is 1. The summed E-state index contributed by atoms with van der Waals surface area (Å²) in [4.78, 5) is 20.4. The van der Waals surface area contributed by atoms with Gasteiger partial charge in [0, 0.05) is 38.6 Å². The number of nitrogens with zero attached hydrogens (tertiary/aromatic N) is 3. The van der Waals surface area contributed by atoms with Crippen LogP contribution in [-0.2, 0) is 14.2 Å². The second-order valence-corrected chi connectivity index (χ2v) is 5.79. The molecule has 0 aliphatic carbocycles. The van der Waals surface area contributed by atoms with E-state index in [0.29, 0.717) is 19.8 Å². The molecule has 0 spiro atoms. The summed E-state index contributed by atoms with van der Waals surface area (Å²) in [5.74, 6) is 0.976. The molecule has 0 atom stereocenters. The van der Waals surface area contributed by atoms with Gasteiger partial charge in [0.2, 0.25) is 0 Å². The van der Waals surface area contributed by atoms with Gasteiger partial charge in [-0.25, -0.2) is 4.79 Å². The van der Waals surface area contributed by atoms with Crippen LogP contribution in [0.25, 0.3) is 0 Å². The van der Waals surface area contributed by atoms with E-state index >= 15 is 0 Å². The summed E-state index contributed by atoms with van der Waals surface area (Å²) in [6, 6.07) is 0. The van der Waals surface area contributed by atoms with E-state index in [1.165, 1.54) is 0 Å². The maximum atomic E-state index is 11.9. The molecule has 7 nitrogen and oxygen atoms in total. The van der Waals surface area contributed by atoms with Crippen LogP contribution in [-0.4, -0.2) is 87.5 Å². The summed E-state index contributed by atoms with van der Waals surface area (Å²) in [7, 11) is 0. The summed E-state index contributed by atoms with van der Waals surface area (Å²) in [6.45, 7) is 11.4. The Morgan fingerprint density at radius 3 is 2.27 bits per heavy atom. The molecular weight excluding hydrogens is 286 g/mol. The summed E-state index contributed by atoms with van der Waals surface area (Å²) in [5.41, 5.74) is 0. The van der Waals surface area contributed by atoms with Crippen molar-refractivity contribution in [1.29, 1.82) is 0 Å². The summed E-state index contributed by atoms with van der Waals surface area (Å²) < 4.78 is 15.9. The lowest BCUT2D eigenvalue weighted by Crippen LogP contribution is -2.43. The van der Waals surface area contributed by atoms with Gasteiger partial charge in [0.25, 0.3) is 0 Å². The highest BCUT2D eigenvalue weighted by molar-refractivity contribution is 5.93. The molecule has 2 rings (SSSR count). The Morgan fingerprint density at radius 2 is 1.68 bits per heavy atom. The molecular formula is C15H27N3O4. The fourth-order valence-corrected chi connectivity index (χ4v) is 2.57. The maximum Gasteiger partial charge on any atom is 0.435 e. The van der Waals surface area contributed by atoms with Crippen LogP contribution in [0.1, 0.15) is 13.8 Å². The fourth-order valence-electron chi connectivity index (χ4n) is 2.57. The Hall–Kier alpha value is -1.18. The lowest BCUT2D eigenvalue weighted by atomic mass is 10.1. The molecule has 0 unspecified atom stereocenters. The minimum atomic E-state index is -0.497. The molecule has 0 N–H and O–H groups in total. The van der Waals surface area contributed by atoms with E-state index in [0.717, 1.165) is 51.8 Å². The first-order valence-corrected chi connectivity index (χ1v) is 8.05. The molecule has 0 bridgehead atoms. The van der Waals surface area contributed by atoms with Gasteiger partial charge in [0.15, 0.2) is 0 Å². The number of amidine groups is 1. The van der Waals surface area contributed by atoms with Crippen LogP contribution < -0.4 is 0 Å². The number of ether oxygens (including phenoxy) is 3. The highest BCUT2D eigenvalue weighted by Crippen LogP contribution is 2.08. The number of carbonyl (C=O) groups is 1. The molecule has 0 aromatic rings. The van der Waals surface area contributed by atoms with E-state index in [2.05, 4.69) is 14.8 Å². The Bertz CT molecular complexity index is 375. The number of hydrogen-bond acceptors (Lipinski definition) is 5. The normalized spacial score (nSPS) is 21.2. The second-order valence-electron chi connectivity index (χ2n) is 5.79. The molecule has 2 fully saturated rings. The number of carbonyl (C=O) groups excluding carboxylic acids is 1. The predicted molar refractivity (Wildman–Crippen MR) is 83.3 cm³/mol. The molecule has 1 amide bonds. The number of rotatable bonds is 4. The van der Waals surface area contributed by atoms with E-state index < -0.39 is 6.09 Å². The van der Waals surface area contributed by atoms with Gasteiger partial charge in [-0.05, 0) is 0 Å². The van der Waals surface area contributed by atoms with Gasteiger partial charge in [-0.1, -0.05) is 13.8 Å². The van der Waals surface area contributed by atoms with Crippen molar-refractivity contribution >= 4 is 11.9 Å². The van der Waals surface area contributed by atoms with Crippen molar-refractivity contribution in [1.82, 2.24) is 9.80 Å². The zero-order chi connectivity index (χ0) is 15.8. The largest absolute Gasteiger partial charge is 0.447 e. The van der Waals surface area contributed by atoms with Crippen molar-refractivity contribution in [2.24, 2.45) is 10.9 Å². The Morgan fingerprint density at radius 1 is 1.09 bits per heavy atom. The molecule has 0 radical (unpaired) electrons. The highest BCUT2D eigenvalue weighted by Gasteiger charge is 2.19. The standard InChI is InChI=1S/C15H27N3O4/c1-13(2)14(18-6-10-21-11-7-18)16-15(19)22-12-5-17-3-8-20-9-4-17/h13H,3-12H2,1-2H3/b16-14-. The van der Waals surface area contributed by atoms with Crippen molar-refractivity contribution in [3.63, 3.8) is 0 Å². The highest BCUT2D eigenvalue weighted by atomic mass is 16.5. The van der Waals surface area contributed by atoms with Crippen LogP contribution in [0, 0.1) is 5.92 Å². The van der Waals surface area contributed by atoms with Crippen molar-refractivity contribution in [2.45, 2.75) is 13.8 Å². The van der Waals surface area contributed by atoms with Crippen molar-refractivity contribution < 1.29 is 19.0 Å². The maximum absolute atomic E-state index is 11.9. The molecule has 22 heavy (non-hydrogen) atoms. The Balaban J connectivity index is 1.78. The first kappa shape index (κ1) is 17.2. The second kappa shape index (κ2) is 9.07. The van der Waals surface area contributed by atoms with Crippen LogP contribution in [0.3, 0.4) is 0 Å². The summed E-state index contributed by atoms with van der Waals surface area (Å²) in [5, 5.41) is 0. The monoisotopic (exact) mass is 313 g/mol. The first-order chi connectivity index (χ1) is 10.7. The molecule has 0 saturated carbocycles. The zero-order valence-corrected chi connectivity index (χ0v) is 13.6. The zero-order valence-electron chi connectivity index (χ0n) is 13.6. The summed E-state index contributed by atoms with van der Waals surface area (Å²) in [6.07, 6.45) is -0.497. The third-order valence-corrected chi connectivity index (χ3v) is 3.79. The Kier molecular flexibility index (Phi) is 7.08. The average molecular weight is 313 g/mol. The minimum Gasteiger partial charge on any atom is -0.447 e. The van der Waals surface area contributed by atoms with E-state index in [1.54, 1.807) is 0 Å². The molecule has 126 valence electrons. The van der Waals surface area contributed by atoms with Gasteiger partial charge >= 0.3 is 6.09 Å². The van der Waals surface area contributed by atoms with Gasteiger partial charge < -0.3 is 19.1 Å². The fraction of sp³-hybridized carbons (Fsp3) is 0.867. The van der Waals surface area contributed by atoms with Crippen molar-refractivity contribution in [3.8, 4) is 0 Å². The van der Waals surface area contributed by atoms with Gasteiger partial charge in [0.1, 0.15) is 12.4 Å². The van der Waals surface area contributed by atoms with Gasteiger partial charge in [-0.2, -0.15) is 4.99 Å². The van der Waals surface area contributed by atoms with E-state index in [4.69, 9.17) is 14.2 Å². The number of hydrogen-bond donors (Lipinski definition) is 0. The minimum absolute atomic E-state index is 0.185. The topological polar surface area (TPSA) is 63.6 Å². The van der Waals surface area contributed by atoms with Crippen molar-refractivity contribution in [3.05, 3.63) is 0 Å². The van der Waals surface area contributed by atoms with E-state index in [1.807, 2.05) is 13.8 Å². The van der Waals surface area contributed by atoms with Crippen LogP contribution in [0.2, 0.25) is 0 Å². The lowest BCUT2D eigenvalue weighted by molar-refractivity contribution is 0.0287. The van der Waals surface area contributed by atoms with Crippen LogP contribution in [0.5, 0.6) is 0 Å². The lowest BCUT2D eigenvalue weighted by Gasteiger charge is -2.31. The smallest absolute Gasteiger partial charge is 0.435 e. The third-order valence-electron chi connectivity index (χ3n) is 3.79. The number of amides is 1. The first-order valence-electron chi connectivity index (χ1n) is 8.05. The molecule has 2 heterocycles. The SMILES string of the molecule is CC(C)/C(=N/C(=O)OCCN1CCOCC1)N1CCOCC1. The average Bonchev–Trinajstić information content (AvgIpc) is 2.54. The van der Waals surface area contributed by atoms with Gasteiger partial charge in [-0.3, -0.25) is 4.90 Å². The molecule has 2 aliphatic rings. The third kappa shape index (κ3) is 5.55. The van der Waals surface area contributed by atoms with E-state index in [9.17, 15) is 4.79 Å². The molecule has 0 aromatic heterocycles.